The molecule has 1 amide bonds. The maximum atomic E-state index is 11.5. The number of carbonyl (C=O) groups excluding carboxylic acids is 2. The highest BCUT2D eigenvalue weighted by Crippen LogP contribution is 1.97. The van der Waals surface area contributed by atoms with Gasteiger partial charge < -0.3 is 25.6 Å². The second kappa shape index (κ2) is 8.43. The molecule has 0 aromatic carbocycles. The second-order valence-electron chi connectivity index (χ2n) is 3.57. The molecule has 0 radical (unpaired) electrons. The van der Waals surface area contributed by atoms with E-state index in [0.717, 1.165) is 7.11 Å². The van der Waals surface area contributed by atoms with Crippen LogP contribution in [0.4, 0.5) is 0 Å². The van der Waals surface area contributed by atoms with E-state index in [9.17, 15) is 14.4 Å². The molecule has 0 aromatic rings. The van der Waals surface area contributed by atoms with Gasteiger partial charge in [-0.05, 0) is 6.42 Å². The van der Waals surface area contributed by atoms with Crippen molar-refractivity contribution < 1.29 is 29.0 Å². The molecule has 104 valence electrons. The zero-order valence-corrected chi connectivity index (χ0v) is 10.3. The summed E-state index contributed by atoms with van der Waals surface area (Å²) >= 11 is 0. The van der Waals surface area contributed by atoms with Gasteiger partial charge in [-0.3, -0.25) is 9.59 Å². The van der Waals surface area contributed by atoms with Crippen molar-refractivity contribution in [3.63, 3.8) is 0 Å². The summed E-state index contributed by atoms with van der Waals surface area (Å²) in [6.45, 7) is 0.281. The fourth-order valence-electron chi connectivity index (χ4n) is 1.10. The maximum absolute atomic E-state index is 11.5. The van der Waals surface area contributed by atoms with E-state index < -0.39 is 36.4 Å². The Hall–Kier alpha value is -1.67. The molecule has 4 N–H and O–H groups in total. The van der Waals surface area contributed by atoms with Crippen LogP contribution in [0.5, 0.6) is 0 Å². The molecular formula is C10H18N2O6. The van der Waals surface area contributed by atoms with Crippen molar-refractivity contribution in [2.45, 2.75) is 24.9 Å². The third-order valence-electron chi connectivity index (χ3n) is 2.18. The van der Waals surface area contributed by atoms with E-state index in [-0.39, 0.29) is 13.0 Å². The van der Waals surface area contributed by atoms with E-state index in [2.05, 4.69) is 10.1 Å². The summed E-state index contributed by atoms with van der Waals surface area (Å²) in [5.41, 5.74) is 5.51. The Morgan fingerprint density at radius 3 is 2.39 bits per heavy atom. The zero-order valence-electron chi connectivity index (χ0n) is 10.3. The second-order valence-corrected chi connectivity index (χ2v) is 3.57. The van der Waals surface area contributed by atoms with Crippen molar-refractivity contribution >= 4 is 17.8 Å². The number of carboxylic acid groups (broad SMARTS) is 1. The average Bonchev–Trinajstić information content (AvgIpc) is 2.34. The molecule has 0 bridgehead atoms. The Bertz CT molecular complexity index is 307. The third kappa shape index (κ3) is 6.16. The molecular weight excluding hydrogens is 244 g/mol. The van der Waals surface area contributed by atoms with Crippen molar-refractivity contribution in [3.05, 3.63) is 0 Å². The van der Waals surface area contributed by atoms with Gasteiger partial charge in [0.25, 0.3) is 0 Å². The van der Waals surface area contributed by atoms with Gasteiger partial charge in [-0.15, -0.1) is 0 Å². The van der Waals surface area contributed by atoms with Gasteiger partial charge >= 0.3 is 11.9 Å². The fraction of sp³-hybridized carbons (Fsp3) is 0.700. The van der Waals surface area contributed by atoms with Gasteiger partial charge in [-0.25, -0.2) is 4.79 Å². The monoisotopic (exact) mass is 262 g/mol. The number of hydrogen-bond acceptors (Lipinski definition) is 6. The minimum absolute atomic E-state index is 0.257. The van der Waals surface area contributed by atoms with Crippen molar-refractivity contribution in [3.8, 4) is 0 Å². The molecule has 0 aliphatic heterocycles. The van der Waals surface area contributed by atoms with E-state index in [1.54, 1.807) is 0 Å². The number of methoxy groups -OCH3 is 2. The van der Waals surface area contributed by atoms with Crippen LogP contribution >= 0.6 is 0 Å². The lowest BCUT2D eigenvalue weighted by molar-refractivity contribution is -0.148. The molecule has 1 unspecified atom stereocenters. The molecule has 0 rings (SSSR count). The van der Waals surface area contributed by atoms with Crippen molar-refractivity contribution in [2.24, 2.45) is 5.73 Å². The molecule has 18 heavy (non-hydrogen) atoms. The SMILES string of the molecule is COCCC(N)C(=O)N[C@@H](CC(=O)OC)C(=O)O. The Morgan fingerprint density at radius 1 is 1.33 bits per heavy atom. The van der Waals surface area contributed by atoms with Crippen LogP contribution in [-0.2, 0) is 23.9 Å². The number of amides is 1. The number of esters is 1. The normalized spacial score (nSPS) is 13.5. The fourth-order valence-corrected chi connectivity index (χ4v) is 1.10. The number of rotatable bonds is 8. The number of carboxylic acids is 1. The molecule has 0 aliphatic carbocycles. The molecule has 0 aromatic heterocycles. The van der Waals surface area contributed by atoms with Gasteiger partial charge in [0.2, 0.25) is 5.91 Å². The molecule has 0 fully saturated rings. The predicted octanol–water partition coefficient (Wildman–Crippen LogP) is -1.52. The van der Waals surface area contributed by atoms with Crippen LogP contribution in [0.2, 0.25) is 0 Å². The number of carbonyl (C=O) groups is 3. The first kappa shape index (κ1) is 16.3. The van der Waals surface area contributed by atoms with Crippen LogP contribution < -0.4 is 11.1 Å². The lowest BCUT2D eigenvalue weighted by Crippen LogP contribution is -2.49. The first-order valence-electron chi connectivity index (χ1n) is 5.26. The number of aliphatic carboxylic acids is 1. The topological polar surface area (TPSA) is 128 Å². The summed E-state index contributed by atoms with van der Waals surface area (Å²) < 4.78 is 9.08. The van der Waals surface area contributed by atoms with Gasteiger partial charge in [0, 0.05) is 13.7 Å². The molecule has 8 heteroatoms. The minimum atomic E-state index is -1.35. The molecule has 2 atom stereocenters. The average molecular weight is 262 g/mol. The molecule has 0 aliphatic rings. The summed E-state index contributed by atoms with van der Waals surface area (Å²) in [5.74, 6) is -2.70. The molecule has 8 nitrogen and oxygen atoms in total. The van der Waals surface area contributed by atoms with Crippen LogP contribution in [0.3, 0.4) is 0 Å². The summed E-state index contributed by atoms with van der Waals surface area (Å²) in [5, 5.41) is 11.0. The van der Waals surface area contributed by atoms with Crippen LogP contribution in [0.25, 0.3) is 0 Å². The van der Waals surface area contributed by atoms with Crippen LogP contribution in [-0.4, -0.2) is 55.9 Å². The molecule has 0 spiro atoms. The maximum Gasteiger partial charge on any atom is 0.326 e. The Kier molecular flexibility index (Phi) is 7.64. The first-order chi connectivity index (χ1) is 8.42. The van der Waals surface area contributed by atoms with Crippen LogP contribution in [0, 0.1) is 0 Å². The lowest BCUT2D eigenvalue weighted by atomic mass is 10.1. The van der Waals surface area contributed by atoms with E-state index in [1.807, 2.05) is 0 Å². The van der Waals surface area contributed by atoms with Crippen LogP contribution in [0.15, 0.2) is 0 Å². The van der Waals surface area contributed by atoms with Gasteiger partial charge in [-0.1, -0.05) is 0 Å². The summed E-state index contributed by atoms with van der Waals surface area (Å²) in [6.07, 6.45) is -0.193. The minimum Gasteiger partial charge on any atom is -0.480 e. The summed E-state index contributed by atoms with van der Waals surface area (Å²) in [7, 11) is 2.59. The lowest BCUT2D eigenvalue weighted by Gasteiger charge is -2.16. The predicted molar refractivity (Wildman–Crippen MR) is 60.7 cm³/mol. The quantitative estimate of drug-likeness (QED) is 0.453. The van der Waals surface area contributed by atoms with Gasteiger partial charge in [0.05, 0.1) is 19.6 Å². The smallest absolute Gasteiger partial charge is 0.326 e. The highest BCUT2D eigenvalue weighted by molar-refractivity contribution is 5.89. The van der Waals surface area contributed by atoms with E-state index in [0.29, 0.717) is 0 Å². The number of nitrogens with one attached hydrogen (secondary N) is 1. The van der Waals surface area contributed by atoms with Crippen molar-refractivity contribution in [1.82, 2.24) is 5.32 Å². The third-order valence-corrected chi connectivity index (χ3v) is 2.18. The molecule has 0 heterocycles. The van der Waals surface area contributed by atoms with Gasteiger partial charge in [0.1, 0.15) is 6.04 Å². The Labute approximate surface area is 104 Å². The number of ether oxygens (including phenoxy) is 2. The Balaban J connectivity index is 4.35. The van der Waals surface area contributed by atoms with Gasteiger partial charge in [0.15, 0.2) is 0 Å². The van der Waals surface area contributed by atoms with Crippen molar-refractivity contribution in [1.29, 1.82) is 0 Å². The largest absolute Gasteiger partial charge is 0.480 e. The standard InChI is InChI=1S/C10H18N2O6/c1-17-4-3-6(11)9(14)12-7(10(15)16)5-8(13)18-2/h6-7H,3-5,11H2,1-2H3,(H,12,14)(H,15,16)/t6?,7-/m0/s1. The first-order valence-corrected chi connectivity index (χ1v) is 5.26. The number of hydrogen-bond donors (Lipinski definition) is 3. The van der Waals surface area contributed by atoms with Crippen molar-refractivity contribution in [2.75, 3.05) is 20.8 Å². The van der Waals surface area contributed by atoms with E-state index in [1.165, 1.54) is 7.11 Å². The van der Waals surface area contributed by atoms with E-state index in [4.69, 9.17) is 15.6 Å². The highest BCUT2D eigenvalue weighted by Gasteiger charge is 2.25. The molecule has 0 saturated heterocycles. The zero-order chi connectivity index (χ0) is 14.1. The molecule has 0 saturated carbocycles. The summed E-state index contributed by atoms with van der Waals surface area (Å²) in [6, 6.07) is -2.23. The highest BCUT2D eigenvalue weighted by atomic mass is 16.5. The number of nitrogens with two attached hydrogens (primary N) is 1. The van der Waals surface area contributed by atoms with E-state index >= 15 is 0 Å². The van der Waals surface area contributed by atoms with Gasteiger partial charge in [-0.2, -0.15) is 0 Å². The Morgan fingerprint density at radius 2 is 1.94 bits per heavy atom. The van der Waals surface area contributed by atoms with Crippen LogP contribution in [0.1, 0.15) is 12.8 Å². The summed E-state index contributed by atoms with van der Waals surface area (Å²) in [4.78, 5) is 33.3.